The molecule has 2 N–H and O–H groups in total. The molecule has 0 saturated carbocycles. The van der Waals surface area contributed by atoms with Crippen LogP contribution in [0.15, 0.2) is 42.0 Å². The number of nitrogens with two attached hydrogens (primary N) is 1. The highest BCUT2D eigenvalue weighted by molar-refractivity contribution is 6.00. The lowest BCUT2D eigenvalue weighted by Crippen LogP contribution is -2.18. The van der Waals surface area contributed by atoms with Crippen LogP contribution in [0.4, 0.5) is 0 Å². The van der Waals surface area contributed by atoms with Crippen molar-refractivity contribution in [3.63, 3.8) is 0 Å². The van der Waals surface area contributed by atoms with Crippen molar-refractivity contribution < 1.29 is 23.8 Å². The molecule has 0 aliphatic heterocycles. The monoisotopic (exact) mass is 380 g/mol. The van der Waals surface area contributed by atoms with Gasteiger partial charge in [0.15, 0.2) is 18.1 Å². The molecular weight excluding hydrogens is 360 g/mol. The van der Waals surface area contributed by atoms with Gasteiger partial charge in [-0.15, -0.1) is 0 Å². The van der Waals surface area contributed by atoms with Crippen molar-refractivity contribution in [3.8, 4) is 23.3 Å². The third-order valence-corrected chi connectivity index (χ3v) is 3.80. The second kappa shape index (κ2) is 9.24. The van der Waals surface area contributed by atoms with Crippen LogP contribution in [0.5, 0.6) is 17.2 Å². The van der Waals surface area contributed by atoms with E-state index in [1.807, 2.05) is 32.0 Å². The molecule has 2 aromatic rings. The number of rotatable bonds is 7. The van der Waals surface area contributed by atoms with Gasteiger partial charge in [0.1, 0.15) is 17.4 Å². The molecule has 0 unspecified atom stereocenters. The number of methoxy groups -OCH3 is 1. The molecule has 0 atom stereocenters. The summed E-state index contributed by atoms with van der Waals surface area (Å²) in [6.45, 7) is 3.55. The van der Waals surface area contributed by atoms with Gasteiger partial charge in [-0.1, -0.05) is 18.2 Å². The number of esters is 1. The van der Waals surface area contributed by atoms with E-state index in [9.17, 15) is 9.59 Å². The third kappa shape index (κ3) is 5.35. The molecule has 0 saturated heterocycles. The quantitative estimate of drug-likeness (QED) is 0.342. The molecule has 2 aromatic carbocycles. The lowest BCUT2D eigenvalue weighted by atomic mass is 10.1. The minimum Gasteiger partial charge on any atom is -0.493 e. The maximum Gasteiger partial charge on any atom is 0.349 e. The highest BCUT2D eigenvalue weighted by Gasteiger charge is 2.13. The van der Waals surface area contributed by atoms with E-state index in [1.54, 1.807) is 12.1 Å². The number of aryl methyl sites for hydroxylation is 2. The second-order valence-corrected chi connectivity index (χ2v) is 5.98. The van der Waals surface area contributed by atoms with E-state index in [-0.39, 0.29) is 23.7 Å². The number of nitrogens with zero attached hydrogens (tertiary/aromatic N) is 1. The molecule has 0 aliphatic carbocycles. The summed E-state index contributed by atoms with van der Waals surface area (Å²) in [7, 11) is 1.41. The molecule has 0 fully saturated rings. The Bertz CT molecular complexity index is 973. The molecule has 0 radical (unpaired) electrons. The predicted octanol–water partition coefficient (Wildman–Crippen LogP) is 2.69. The summed E-state index contributed by atoms with van der Waals surface area (Å²) in [4.78, 5) is 23.3. The van der Waals surface area contributed by atoms with Gasteiger partial charge in [0, 0.05) is 0 Å². The summed E-state index contributed by atoms with van der Waals surface area (Å²) >= 11 is 0. The number of primary amides is 1. The molecular formula is C21H20N2O5. The van der Waals surface area contributed by atoms with Crippen LogP contribution in [0.2, 0.25) is 0 Å². The second-order valence-electron chi connectivity index (χ2n) is 5.98. The van der Waals surface area contributed by atoms with Crippen molar-refractivity contribution in [3.05, 3.63) is 58.7 Å². The fourth-order valence-corrected chi connectivity index (χ4v) is 2.34. The summed E-state index contributed by atoms with van der Waals surface area (Å²) in [5, 5.41) is 8.91. The van der Waals surface area contributed by atoms with Crippen LogP contribution in [0.1, 0.15) is 16.7 Å². The van der Waals surface area contributed by atoms with Gasteiger partial charge in [-0.2, -0.15) is 5.26 Å². The number of hydrogen-bond acceptors (Lipinski definition) is 6. The molecule has 28 heavy (non-hydrogen) atoms. The van der Waals surface area contributed by atoms with Gasteiger partial charge in [0.25, 0.3) is 5.91 Å². The maximum atomic E-state index is 12.1. The van der Waals surface area contributed by atoms with Gasteiger partial charge >= 0.3 is 5.97 Å². The molecule has 2 rings (SSSR count). The summed E-state index contributed by atoms with van der Waals surface area (Å²) in [6, 6.07) is 12.0. The highest BCUT2D eigenvalue weighted by Crippen LogP contribution is 2.29. The van der Waals surface area contributed by atoms with E-state index in [0.29, 0.717) is 11.3 Å². The molecule has 0 aliphatic rings. The van der Waals surface area contributed by atoms with Crippen LogP contribution in [0.3, 0.4) is 0 Å². The van der Waals surface area contributed by atoms with Gasteiger partial charge in [-0.05, 0) is 54.8 Å². The molecule has 0 aromatic heterocycles. The molecule has 7 heteroatoms. The van der Waals surface area contributed by atoms with Crippen molar-refractivity contribution in [1.29, 1.82) is 5.26 Å². The summed E-state index contributed by atoms with van der Waals surface area (Å²) in [6.07, 6.45) is 1.32. The van der Waals surface area contributed by atoms with E-state index in [4.69, 9.17) is 25.2 Å². The average molecular weight is 380 g/mol. The van der Waals surface area contributed by atoms with Crippen LogP contribution >= 0.6 is 0 Å². The van der Waals surface area contributed by atoms with Crippen LogP contribution < -0.4 is 19.9 Å². The minimum absolute atomic E-state index is 0.187. The Kier molecular flexibility index (Phi) is 6.77. The van der Waals surface area contributed by atoms with Crippen molar-refractivity contribution >= 4 is 18.0 Å². The first-order valence-corrected chi connectivity index (χ1v) is 8.34. The molecule has 144 valence electrons. The Morgan fingerprint density at radius 1 is 1.11 bits per heavy atom. The number of nitriles is 1. The molecule has 0 bridgehead atoms. The SMILES string of the molecule is COc1cc(/C=C(\C#N)C(N)=O)ccc1OC(=O)COc1cc(C)ccc1C. The molecule has 0 heterocycles. The number of benzene rings is 2. The summed E-state index contributed by atoms with van der Waals surface area (Å²) < 4.78 is 16.0. The number of ether oxygens (including phenoxy) is 3. The zero-order chi connectivity index (χ0) is 20.7. The Balaban J connectivity index is 2.11. The molecule has 0 spiro atoms. The van der Waals surface area contributed by atoms with Crippen molar-refractivity contribution in [2.75, 3.05) is 13.7 Å². The Hall–Kier alpha value is -3.79. The molecule has 7 nitrogen and oxygen atoms in total. The lowest BCUT2D eigenvalue weighted by Gasteiger charge is -2.12. The normalized spacial score (nSPS) is 10.7. The Morgan fingerprint density at radius 2 is 1.86 bits per heavy atom. The number of carbonyl (C=O) groups excluding carboxylic acids is 2. The molecule has 1 amide bonds. The van der Waals surface area contributed by atoms with Crippen LogP contribution in [-0.2, 0) is 9.59 Å². The zero-order valence-electron chi connectivity index (χ0n) is 15.8. The Labute approximate surface area is 162 Å². The van der Waals surface area contributed by atoms with E-state index >= 15 is 0 Å². The summed E-state index contributed by atoms with van der Waals surface area (Å²) in [5.41, 5.74) is 7.35. The first-order valence-electron chi connectivity index (χ1n) is 8.34. The summed E-state index contributed by atoms with van der Waals surface area (Å²) in [5.74, 6) is -0.375. The van der Waals surface area contributed by atoms with Gasteiger partial charge < -0.3 is 19.9 Å². The smallest absolute Gasteiger partial charge is 0.349 e. The number of hydrogen-bond donors (Lipinski definition) is 1. The van der Waals surface area contributed by atoms with Crippen molar-refractivity contribution in [2.24, 2.45) is 5.73 Å². The van der Waals surface area contributed by atoms with E-state index in [1.165, 1.54) is 25.3 Å². The van der Waals surface area contributed by atoms with Gasteiger partial charge in [0.2, 0.25) is 0 Å². The number of amides is 1. The first-order chi connectivity index (χ1) is 13.3. The fraction of sp³-hybridized carbons (Fsp3) is 0.190. The van der Waals surface area contributed by atoms with Gasteiger partial charge in [-0.25, -0.2) is 4.79 Å². The predicted molar refractivity (Wildman–Crippen MR) is 103 cm³/mol. The maximum absolute atomic E-state index is 12.1. The van der Waals surface area contributed by atoms with Gasteiger partial charge in [-0.3, -0.25) is 4.79 Å². The van der Waals surface area contributed by atoms with Gasteiger partial charge in [0.05, 0.1) is 7.11 Å². The standard InChI is InChI=1S/C21H20N2O5/c1-13-4-5-14(2)18(8-13)27-12-20(24)28-17-7-6-15(10-19(17)26-3)9-16(11-22)21(23)25/h4-10H,12H2,1-3H3,(H2,23,25)/b16-9+. The first kappa shape index (κ1) is 20.5. The van der Waals surface area contributed by atoms with Crippen molar-refractivity contribution in [2.45, 2.75) is 13.8 Å². The van der Waals surface area contributed by atoms with Crippen molar-refractivity contribution in [1.82, 2.24) is 0 Å². The van der Waals surface area contributed by atoms with Crippen LogP contribution in [0, 0.1) is 25.2 Å². The highest BCUT2D eigenvalue weighted by atomic mass is 16.6. The lowest BCUT2D eigenvalue weighted by molar-refractivity contribution is -0.136. The Morgan fingerprint density at radius 3 is 2.50 bits per heavy atom. The van der Waals surface area contributed by atoms with Crippen LogP contribution in [-0.4, -0.2) is 25.6 Å². The zero-order valence-corrected chi connectivity index (χ0v) is 15.8. The van der Waals surface area contributed by atoms with E-state index in [0.717, 1.165) is 11.1 Å². The topological polar surface area (TPSA) is 112 Å². The number of carbonyl (C=O) groups is 2. The minimum atomic E-state index is -0.833. The third-order valence-electron chi connectivity index (χ3n) is 3.80. The average Bonchev–Trinajstić information content (AvgIpc) is 2.67. The van der Waals surface area contributed by atoms with E-state index in [2.05, 4.69) is 0 Å². The largest absolute Gasteiger partial charge is 0.493 e. The fourth-order valence-electron chi connectivity index (χ4n) is 2.34. The van der Waals surface area contributed by atoms with Crippen LogP contribution in [0.25, 0.3) is 6.08 Å². The van der Waals surface area contributed by atoms with E-state index < -0.39 is 11.9 Å².